The van der Waals surface area contributed by atoms with Crippen LogP contribution in [-0.2, 0) is 4.79 Å². The Bertz CT molecular complexity index is 634. The zero-order valence-electron chi connectivity index (χ0n) is 14.9. The smallest absolute Gasteiger partial charge is 0.155 e. The molecule has 1 unspecified atom stereocenters. The van der Waals surface area contributed by atoms with Crippen LogP contribution in [0.1, 0.15) is 65.2 Å². The second-order valence-corrected chi connectivity index (χ2v) is 9.38. The van der Waals surface area contributed by atoms with E-state index in [0.717, 1.165) is 38.5 Å². The van der Waals surface area contributed by atoms with Gasteiger partial charge in [0.1, 0.15) is 0 Å². The van der Waals surface area contributed by atoms with Crippen LogP contribution in [0.2, 0.25) is 0 Å². The molecule has 0 amide bonds. The molecule has 4 aliphatic carbocycles. The van der Waals surface area contributed by atoms with Gasteiger partial charge < -0.3 is 5.11 Å². The minimum Gasteiger partial charge on any atom is -0.388 e. The highest BCUT2D eigenvalue weighted by Gasteiger charge is 2.64. The first-order valence-electron chi connectivity index (χ1n) is 9.65. The summed E-state index contributed by atoms with van der Waals surface area (Å²) in [6.07, 6.45) is 11.3. The lowest BCUT2D eigenvalue weighted by Crippen LogP contribution is -2.55. The van der Waals surface area contributed by atoms with Gasteiger partial charge in [-0.3, -0.25) is 4.79 Å². The molecule has 3 fully saturated rings. The minimum atomic E-state index is -0.798. The number of allylic oxidation sites excluding steroid dienone is 2. The van der Waals surface area contributed by atoms with Gasteiger partial charge >= 0.3 is 0 Å². The molecule has 7 atom stereocenters. The summed E-state index contributed by atoms with van der Waals surface area (Å²) in [5.74, 6) is 2.58. The van der Waals surface area contributed by atoms with E-state index in [1.165, 1.54) is 6.42 Å². The van der Waals surface area contributed by atoms with Gasteiger partial charge in [-0.2, -0.15) is 5.26 Å². The summed E-state index contributed by atoms with van der Waals surface area (Å²) >= 11 is 0. The van der Waals surface area contributed by atoms with Crippen molar-refractivity contribution in [2.24, 2.45) is 34.5 Å². The van der Waals surface area contributed by atoms with Crippen molar-refractivity contribution in [2.45, 2.75) is 70.8 Å². The molecular formula is C21H29NO2. The second kappa shape index (κ2) is 5.18. The number of fused-ring (bicyclic) bond motifs is 5. The van der Waals surface area contributed by atoms with Gasteiger partial charge in [-0.1, -0.05) is 19.9 Å². The Morgan fingerprint density at radius 2 is 1.96 bits per heavy atom. The largest absolute Gasteiger partial charge is 0.388 e. The monoisotopic (exact) mass is 327 g/mol. The summed E-state index contributed by atoms with van der Waals surface area (Å²) in [5, 5.41) is 20.4. The van der Waals surface area contributed by atoms with E-state index in [-0.39, 0.29) is 17.3 Å². The Morgan fingerprint density at radius 1 is 1.21 bits per heavy atom. The topological polar surface area (TPSA) is 61.1 Å². The minimum absolute atomic E-state index is 0.110. The summed E-state index contributed by atoms with van der Waals surface area (Å²) in [4.78, 5) is 11.9. The van der Waals surface area contributed by atoms with Crippen molar-refractivity contribution in [3.63, 3.8) is 0 Å². The number of aliphatic hydroxyl groups is 1. The Balaban J connectivity index is 1.67. The molecule has 0 aromatic heterocycles. The fourth-order valence-corrected chi connectivity index (χ4v) is 7.17. The molecule has 4 rings (SSSR count). The van der Waals surface area contributed by atoms with Crippen molar-refractivity contribution in [3.8, 4) is 6.07 Å². The first-order valence-corrected chi connectivity index (χ1v) is 9.65. The molecule has 3 saturated carbocycles. The van der Waals surface area contributed by atoms with Gasteiger partial charge in [0.2, 0.25) is 0 Å². The van der Waals surface area contributed by atoms with E-state index < -0.39 is 5.60 Å². The first kappa shape index (κ1) is 16.3. The van der Waals surface area contributed by atoms with E-state index in [2.05, 4.69) is 26.0 Å². The van der Waals surface area contributed by atoms with Crippen molar-refractivity contribution in [1.29, 1.82) is 5.26 Å². The fraction of sp³-hybridized carbons (Fsp3) is 0.810. The summed E-state index contributed by atoms with van der Waals surface area (Å²) in [6, 6.07) is 2.24. The van der Waals surface area contributed by atoms with E-state index in [1.807, 2.05) is 6.08 Å². The molecule has 0 saturated heterocycles. The third kappa shape index (κ3) is 1.96. The predicted molar refractivity (Wildman–Crippen MR) is 91.8 cm³/mol. The molecule has 0 bridgehead atoms. The first-order chi connectivity index (χ1) is 11.3. The number of nitriles is 1. The SMILES string of the molecule is C[C@]12C=CC(=O)CC1CC[C@@H]1[C@@H]2CC[C@@]2(C)[C@H]1CC[C@@]2(O)CC#N. The van der Waals surface area contributed by atoms with Gasteiger partial charge in [-0.15, -0.1) is 0 Å². The molecule has 0 heterocycles. The number of rotatable bonds is 1. The molecule has 130 valence electrons. The number of hydrogen-bond acceptors (Lipinski definition) is 3. The van der Waals surface area contributed by atoms with Crippen LogP contribution in [-0.4, -0.2) is 16.5 Å². The van der Waals surface area contributed by atoms with Gasteiger partial charge in [0.15, 0.2) is 5.78 Å². The standard InChI is InChI=1S/C21H29NO2/c1-19-8-5-15(23)13-14(19)3-4-16-17(19)6-9-20(2)18(16)7-10-21(20,24)11-12-22/h5,8,14,16-18,24H,3-4,6-7,9-11,13H2,1-2H3/t14?,16-,17+,18+,19+,20+,21-/m1/s1. The van der Waals surface area contributed by atoms with E-state index in [9.17, 15) is 15.2 Å². The molecule has 0 aromatic carbocycles. The third-order valence-electron chi connectivity index (χ3n) is 8.73. The van der Waals surface area contributed by atoms with Gasteiger partial charge in [0.25, 0.3) is 0 Å². The quantitative estimate of drug-likeness (QED) is 0.791. The number of carbonyl (C=O) groups is 1. The zero-order chi connectivity index (χ0) is 17.2. The molecule has 3 nitrogen and oxygen atoms in total. The Morgan fingerprint density at radius 3 is 2.71 bits per heavy atom. The molecule has 3 heteroatoms. The number of ketones is 1. The molecule has 4 aliphatic rings. The maximum Gasteiger partial charge on any atom is 0.155 e. The highest BCUT2D eigenvalue weighted by molar-refractivity contribution is 5.91. The lowest BCUT2D eigenvalue weighted by molar-refractivity contribution is -0.139. The molecule has 0 spiro atoms. The van der Waals surface area contributed by atoms with E-state index >= 15 is 0 Å². The average molecular weight is 327 g/mol. The molecule has 0 aromatic rings. The maximum absolute atomic E-state index is 11.9. The number of nitrogens with zero attached hydrogens (tertiary/aromatic N) is 1. The number of carbonyl (C=O) groups excluding carboxylic acids is 1. The molecular weight excluding hydrogens is 298 g/mol. The van der Waals surface area contributed by atoms with Crippen LogP contribution < -0.4 is 0 Å². The third-order valence-corrected chi connectivity index (χ3v) is 8.73. The molecule has 24 heavy (non-hydrogen) atoms. The van der Waals surface area contributed by atoms with Crippen LogP contribution in [0.3, 0.4) is 0 Å². The molecule has 1 N–H and O–H groups in total. The normalized spacial score (nSPS) is 53.0. The average Bonchev–Trinajstić information content (AvgIpc) is 2.80. The van der Waals surface area contributed by atoms with Crippen molar-refractivity contribution in [3.05, 3.63) is 12.2 Å². The van der Waals surface area contributed by atoms with Gasteiger partial charge in [0.05, 0.1) is 18.1 Å². The lowest BCUT2D eigenvalue weighted by Gasteiger charge is -2.59. The molecule has 0 radical (unpaired) electrons. The van der Waals surface area contributed by atoms with Crippen LogP contribution in [0, 0.1) is 45.8 Å². The van der Waals surface area contributed by atoms with Gasteiger partial charge in [0, 0.05) is 11.8 Å². The van der Waals surface area contributed by atoms with E-state index in [1.54, 1.807) is 0 Å². The van der Waals surface area contributed by atoms with Crippen LogP contribution in [0.4, 0.5) is 0 Å². The van der Waals surface area contributed by atoms with E-state index in [0.29, 0.717) is 29.5 Å². The number of hydrogen-bond donors (Lipinski definition) is 1. The Kier molecular flexibility index (Phi) is 3.52. The van der Waals surface area contributed by atoms with Crippen LogP contribution in [0.15, 0.2) is 12.2 Å². The summed E-state index contributed by atoms with van der Waals surface area (Å²) in [7, 11) is 0. The predicted octanol–water partition coefficient (Wildman–Crippen LogP) is 4.02. The Labute approximate surface area is 145 Å². The summed E-state index contributed by atoms with van der Waals surface area (Å²) in [6.45, 7) is 4.61. The summed E-state index contributed by atoms with van der Waals surface area (Å²) < 4.78 is 0. The highest BCUT2D eigenvalue weighted by atomic mass is 16.3. The lowest BCUT2D eigenvalue weighted by atomic mass is 9.45. The van der Waals surface area contributed by atoms with Crippen molar-refractivity contribution in [1.82, 2.24) is 0 Å². The zero-order valence-corrected chi connectivity index (χ0v) is 14.9. The van der Waals surface area contributed by atoms with Crippen LogP contribution in [0.5, 0.6) is 0 Å². The van der Waals surface area contributed by atoms with Crippen LogP contribution in [0.25, 0.3) is 0 Å². The van der Waals surface area contributed by atoms with Crippen molar-refractivity contribution >= 4 is 5.78 Å². The van der Waals surface area contributed by atoms with Gasteiger partial charge in [-0.05, 0) is 73.7 Å². The fourth-order valence-electron chi connectivity index (χ4n) is 7.17. The van der Waals surface area contributed by atoms with Crippen molar-refractivity contribution < 1.29 is 9.90 Å². The Hall–Kier alpha value is -1.14. The maximum atomic E-state index is 11.9. The summed E-state index contributed by atoms with van der Waals surface area (Å²) in [5.41, 5.74) is -0.761. The van der Waals surface area contributed by atoms with Crippen LogP contribution >= 0.6 is 0 Å². The van der Waals surface area contributed by atoms with Crippen molar-refractivity contribution in [2.75, 3.05) is 0 Å². The molecule has 0 aliphatic heterocycles. The second-order valence-electron chi connectivity index (χ2n) is 9.38. The highest BCUT2D eigenvalue weighted by Crippen LogP contribution is 2.67. The van der Waals surface area contributed by atoms with E-state index in [4.69, 9.17) is 0 Å². The van der Waals surface area contributed by atoms with Gasteiger partial charge in [-0.25, -0.2) is 0 Å².